The summed E-state index contributed by atoms with van der Waals surface area (Å²) in [6.45, 7) is 5.27. The third kappa shape index (κ3) is 2.81. The van der Waals surface area contributed by atoms with Crippen LogP contribution in [-0.2, 0) is 6.42 Å². The molecule has 2 nitrogen and oxygen atoms in total. The Bertz CT molecular complexity index is 616. The molecule has 0 aromatic heterocycles. The summed E-state index contributed by atoms with van der Waals surface area (Å²) in [5, 5.41) is 3.43. The number of fused-ring (bicyclic) bond motifs is 1. The number of hydrogen-bond acceptors (Lipinski definition) is 2. The number of nitrogens with one attached hydrogen (secondary N) is 1. The molecule has 0 aliphatic carbocycles. The van der Waals surface area contributed by atoms with Crippen molar-refractivity contribution in [1.29, 1.82) is 0 Å². The van der Waals surface area contributed by atoms with Crippen LogP contribution >= 0.6 is 0 Å². The molecule has 21 heavy (non-hydrogen) atoms. The van der Waals surface area contributed by atoms with Crippen molar-refractivity contribution in [1.82, 2.24) is 5.32 Å². The van der Waals surface area contributed by atoms with Crippen LogP contribution in [0.3, 0.4) is 0 Å². The summed E-state index contributed by atoms with van der Waals surface area (Å²) in [5.74, 6) is 1.62. The fourth-order valence-electron chi connectivity index (χ4n) is 2.99. The summed E-state index contributed by atoms with van der Waals surface area (Å²) in [5.41, 5.74) is 5.32. The van der Waals surface area contributed by atoms with Gasteiger partial charge in [-0.1, -0.05) is 50.2 Å². The predicted molar refractivity (Wildman–Crippen MR) is 87.1 cm³/mol. The van der Waals surface area contributed by atoms with Crippen LogP contribution in [0.4, 0.5) is 0 Å². The molecular formula is C19H23NO. The zero-order chi connectivity index (χ0) is 14.8. The first kappa shape index (κ1) is 14.2. The number of rotatable bonds is 4. The molecule has 1 atom stereocenters. The second-order valence-corrected chi connectivity index (χ2v) is 6.01. The lowest BCUT2D eigenvalue weighted by atomic mass is 9.94. The van der Waals surface area contributed by atoms with Gasteiger partial charge in [-0.25, -0.2) is 0 Å². The first-order valence-electron chi connectivity index (χ1n) is 7.72. The topological polar surface area (TPSA) is 21.3 Å². The lowest BCUT2D eigenvalue weighted by Crippen LogP contribution is -2.17. The fourth-order valence-corrected chi connectivity index (χ4v) is 2.99. The lowest BCUT2D eigenvalue weighted by molar-refractivity contribution is 0.357. The number of benzene rings is 2. The molecule has 110 valence electrons. The Morgan fingerprint density at radius 2 is 1.62 bits per heavy atom. The molecule has 0 bridgehead atoms. The van der Waals surface area contributed by atoms with Crippen LogP contribution in [0.1, 0.15) is 48.1 Å². The SMILES string of the molecule is CNC(c1ccc(C(C)C)cc1)c1ccc2c(c1)CCO2. The fraction of sp³-hybridized carbons (Fsp3) is 0.368. The Kier molecular flexibility index (Phi) is 3.98. The van der Waals surface area contributed by atoms with Crippen LogP contribution in [0.2, 0.25) is 0 Å². The maximum Gasteiger partial charge on any atom is 0.122 e. The smallest absolute Gasteiger partial charge is 0.122 e. The summed E-state index contributed by atoms with van der Waals surface area (Å²) >= 11 is 0. The van der Waals surface area contributed by atoms with Gasteiger partial charge >= 0.3 is 0 Å². The van der Waals surface area contributed by atoms with Crippen LogP contribution in [0.15, 0.2) is 42.5 Å². The van der Waals surface area contributed by atoms with Gasteiger partial charge in [0.2, 0.25) is 0 Å². The van der Waals surface area contributed by atoms with Gasteiger partial charge in [-0.15, -0.1) is 0 Å². The maximum absolute atomic E-state index is 5.59. The summed E-state index contributed by atoms with van der Waals surface area (Å²) in [4.78, 5) is 0. The van der Waals surface area contributed by atoms with Crippen LogP contribution in [0.25, 0.3) is 0 Å². The highest BCUT2D eigenvalue weighted by Gasteiger charge is 2.17. The van der Waals surface area contributed by atoms with Crippen molar-refractivity contribution in [3.05, 3.63) is 64.7 Å². The van der Waals surface area contributed by atoms with E-state index in [9.17, 15) is 0 Å². The van der Waals surface area contributed by atoms with Crippen molar-refractivity contribution in [2.45, 2.75) is 32.2 Å². The molecule has 0 saturated carbocycles. The molecule has 2 aromatic carbocycles. The Balaban J connectivity index is 1.90. The van der Waals surface area contributed by atoms with E-state index >= 15 is 0 Å². The van der Waals surface area contributed by atoms with E-state index in [-0.39, 0.29) is 6.04 Å². The third-order valence-electron chi connectivity index (χ3n) is 4.27. The first-order chi connectivity index (χ1) is 10.2. The van der Waals surface area contributed by atoms with E-state index in [0.29, 0.717) is 5.92 Å². The molecule has 1 N–H and O–H groups in total. The van der Waals surface area contributed by atoms with E-state index in [1.54, 1.807) is 0 Å². The largest absolute Gasteiger partial charge is 0.493 e. The predicted octanol–water partition coefficient (Wildman–Crippen LogP) is 4.05. The Hall–Kier alpha value is -1.80. The van der Waals surface area contributed by atoms with Crippen LogP contribution in [0.5, 0.6) is 5.75 Å². The minimum atomic E-state index is 0.233. The second-order valence-electron chi connectivity index (χ2n) is 6.01. The molecule has 2 heteroatoms. The number of hydrogen-bond donors (Lipinski definition) is 1. The van der Waals surface area contributed by atoms with Crippen LogP contribution < -0.4 is 10.1 Å². The highest BCUT2D eigenvalue weighted by molar-refractivity contribution is 5.43. The zero-order valence-electron chi connectivity index (χ0n) is 13.0. The maximum atomic E-state index is 5.59. The van der Waals surface area contributed by atoms with Crippen molar-refractivity contribution in [2.24, 2.45) is 0 Å². The first-order valence-corrected chi connectivity index (χ1v) is 7.72. The molecule has 0 amide bonds. The van der Waals surface area contributed by atoms with E-state index in [4.69, 9.17) is 4.74 Å². The van der Waals surface area contributed by atoms with Gasteiger partial charge in [-0.3, -0.25) is 0 Å². The molecule has 1 heterocycles. The summed E-state index contributed by atoms with van der Waals surface area (Å²) in [6.07, 6.45) is 1.02. The van der Waals surface area contributed by atoms with Gasteiger partial charge in [-0.05, 0) is 41.3 Å². The Morgan fingerprint density at radius 3 is 2.29 bits per heavy atom. The van der Waals surface area contributed by atoms with Crippen molar-refractivity contribution in [2.75, 3.05) is 13.7 Å². The molecular weight excluding hydrogens is 258 g/mol. The molecule has 0 radical (unpaired) electrons. The number of ether oxygens (including phenoxy) is 1. The van der Waals surface area contributed by atoms with E-state index in [1.807, 2.05) is 7.05 Å². The third-order valence-corrected chi connectivity index (χ3v) is 4.27. The Labute approximate surface area is 127 Å². The average Bonchev–Trinajstić information content (AvgIpc) is 2.96. The molecule has 3 rings (SSSR count). The minimum absolute atomic E-state index is 0.233. The standard InChI is InChI=1S/C19H23NO/c1-13(2)14-4-6-15(7-5-14)19(20-3)17-8-9-18-16(12-17)10-11-21-18/h4-9,12-13,19-20H,10-11H2,1-3H3. The van der Waals surface area contributed by atoms with Crippen LogP contribution in [-0.4, -0.2) is 13.7 Å². The minimum Gasteiger partial charge on any atom is -0.493 e. The highest BCUT2D eigenvalue weighted by atomic mass is 16.5. The summed E-state index contributed by atoms with van der Waals surface area (Å²) in [6, 6.07) is 15.7. The second kappa shape index (κ2) is 5.90. The monoisotopic (exact) mass is 281 g/mol. The van der Waals surface area contributed by atoms with Gasteiger partial charge in [0.15, 0.2) is 0 Å². The van der Waals surface area contributed by atoms with Crippen molar-refractivity contribution >= 4 is 0 Å². The summed E-state index contributed by atoms with van der Waals surface area (Å²) in [7, 11) is 2.02. The van der Waals surface area contributed by atoms with Gasteiger partial charge in [0, 0.05) is 6.42 Å². The molecule has 0 saturated heterocycles. The molecule has 0 fully saturated rings. The van der Waals surface area contributed by atoms with Gasteiger partial charge in [0.25, 0.3) is 0 Å². The highest BCUT2D eigenvalue weighted by Crippen LogP contribution is 2.30. The van der Waals surface area contributed by atoms with E-state index in [0.717, 1.165) is 18.8 Å². The van der Waals surface area contributed by atoms with E-state index in [1.165, 1.54) is 22.3 Å². The van der Waals surface area contributed by atoms with Gasteiger partial charge in [-0.2, -0.15) is 0 Å². The zero-order valence-corrected chi connectivity index (χ0v) is 13.0. The quantitative estimate of drug-likeness (QED) is 0.912. The van der Waals surface area contributed by atoms with Crippen molar-refractivity contribution < 1.29 is 4.74 Å². The van der Waals surface area contributed by atoms with E-state index in [2.05, 4.69) is 61.6 Å². The van der Waals surface area contributed by atoms with E-state index < -0.39 is 0 Å². The Morgan fingerprint density at radius 1 is 0.952 bits per heavy atom. The lowest BCUT2D eigenvalue weighted by Gasteiger charge is -2.19. The average molecular weight is 281 g/mol. The molecule has 1 unspecified atom stereocenters. The van der Waals surface area contributed by atoms with Gasteiger partial charge in [0.05, 0.1) is 12.6 Å². The van der Waals surface area contributed by atoms with Crippen molar-refractivity contribution in [3.63, 3.8) is 0 Å². The summed E-state index contributed by atoms with van der Waals surface area (Å²) < 4.78 is 5.59. The van der Waals surface area contributed by atoms with Gasteiger partial charge in [0.1, 0.15) is 5.75 Å². The van der Waals surface area contributed by atoms with Crippen LogP contribution in [0, 0.1) is 0 Å². The molecule has 1 aliphatic heterocycles. The van der Waals surface area contributed by atoms with Crippen molar-refractivity contribution in [3.8, 4) is 5.75 Å². The normalized spacial score (nSPS) is 14.9. The molecule has 0 spiro atoms. The molecule has 1 aliphatic rings. The van der Waals surface area contributed by atoms with Gasteiger partial charge < -0.3 is 10.1 Å². The molecule has 2 aromatic rings.